The predicted octanol–water partition coefficient (Wildman–Crippen LogP) is 3.53. The van der Waals surface area contributed by atoms with Gasteiger partial charge in [-0.2, -0.15) is 0 Å². The number of carbonyl (C=O) groups excluding carboxylic acids is 2. The minimum Gasteiger partial charge on any atom is -0.492 e. The van der Waals surface area contributed by atoms with Crippen molar-refractivity contribution in [2.24, 2.45) is 5.92 Å². The van der Waals surface area contributed by atoms with Gasteiger partial charge in [0.1, 0.15) is 12.4 Å². The lowest BCUT2D eigenvalue weighted by molar-refractivity contribution is -0.126. The molecule has 2 aromatic carbocycles. The van der Waals surface area contributed by atoms with E-state index in [2.05, 4.69) is 26.6 Å². The maximum absolute atomic E-state index is 12.4. The lowest BCUT2D eigenvalue weighted by Gasteiger charge is -2.25. The fraction of sp³-hybridized carbons (Fsp3) is 0.300. The zero-order chi connectivity index (χ0) is 18.1. The van der Waals surface area contributed by atoms with E-state index in [1.165, 1.54) is 0 Å². The van der Waals surface area contributed by atoms with Gasteiger partial charge in [-0.3, -0.25) is 9.59 Å². The Labute approximate surface area is 160 Å². The third-order valence-corrected chi connectivity index (χ3v) is 5.15. The van der Waals surface area contributed by atoms with Gasteiger partial charge in [-0.1, -0.05) is 15.9 Å². The normalized spacial score (nSPS) is 18.4. The summed E-state index contributed by atoms with van der Waals surface area (Å²) in [5, 5.41) is 5.94. The van der Waals surface area contributed by atoms with Crippen LogP contribution in [-0.2, 0) is 11.2 Å². The van der Waals surface area contributed by atoms with Gasteiger partial charge < -0.3 is 15.4 Å². The first-order chi connectivity index (χ1) is 12.6. The molecule has 2 amide bonds. The largest absolute Gasteiger partial charge is 0.492 e. The molecule has 5 nitrogen and oxygen atoms in total. The van der Waals surface area contributed by atoms with Gasteiger partial charge in [0, 0.05) is 21.8 Å². The molecule has 1 atom stereocenters. The zero-order valence-corrected chi connectivity index (χ0v) is 15.7. The summed E-state index contributed by atoms with van der Waals surface area (Å²) in [6.45, 7) is 0.399. The summed E-state index contributed by atoms with van der Waals surface area (Å²) in [4.78, 5) is 24.6. The Hall–Kier alpha value is -2.34. The van der Waals surface area contributed by atoms with Crippen molar-refractivity contribution in [3.8, 4) is 5.75 Å². The summed E-state index contributed by atoms with van der Waals surface area (Å²) in [5.41, 5.74) is 2.23. The molecule has 0 saturated heterocycles. The Morgan fingerprint density at radius 3 is 2.58 bits per heavy atom. The molecule has 2 aromatic rings. The van der Waals surface area contributed by atoms with Crippen molar-refractivity contribution < 1.29 is 14.3 Å². The summed E-state index contributed by atoms with van der Waals surface area (Å²) < 4.78 is 6.66. The smallest absolute Gasteiger partial charge is 0.255 e. The maximum atomic E-state index is 12.4. The summed E-state index contributed by atoms with van der Waals surface area (Å²) in [5.74, 6) is 0.488. The number of anilines is 1. The molecule has 1 unspecified atom stereocenters. The zero-order valence-electron chi connectivity index (χ0n) is 14.1. The lowest BCUT2D eigenvalue weighted by Crippen LogP contribution is -2.38. The van der Waals surface area contributed by atoms with Crippen LogP contribution in [0, 0.1) is 5.92 Å². The van der Waals surface area contributed by atoms with Crippen LogP contribution >= 0.6 is 15.9 Å². The second-order valence-electron chi connectivity index (χ2n) is 6.78. The van der Waals surface area contributed by atoms with Gasteiger partial charge in [0.15, 0.2) is 0 Å². The fourth-order valence-electron chi connectivity index (χ4n) is 2.99. The van der Waals surface area contributed by atoms with E-state index < -0.39 is 0 Å². The number of hydrogen-bond donors (Lipinski definition) is 2. The van der Waals surface area contributed by atoms with Crippen LogP contribution in [0.1, 0.15) is 28.8 Å². The van der Waals surface area contributed by atoms with E-state index >= 15 is 0 Å². The molecule has 1 aliphatic carbocycles. The Kier molecular flexibility index (Phi) is 4.68. The summed E-state index contributed by atoms with van der Waals surface area (Å²) in [6, 6.07) is 13.1. The second kappa shape index (κ2) is 7.11. The third-order valence-electron chi connectivity index (χ3n) is 4.63. The SMILES string of the molecule is O=C(Nc1ccc2c(c1)CC(C(=O)NC1CC1)CO2)c1ccc(Br)cc1. The van der Waals surface area contributed by atoms with E-state index in [9.17, 15) is 9.59 Å². The van der Waals surface area contributed by atoms with Crippen LogP contribution in [0.15, 0.2) is 46.9 Å². The van der Waals surface area contributed by atoms with E-state index in [1.807, 2.05) is 30.3 Å². The van der Waals surface area contributed by atoms with Crippen molar-refractivity contribution in [3.63, 3.8) is 0 Å². The topological polar surface area (TPSA) is 67.4 Å². The van der Waals surface area contributed by atoms with Crippen LogP contribution in [0.5, 0.6) is 5.75 Å². The molecule has 1 aliphatic heterocycles. The van der Waals surface area contributed by atoms with Gasteiger partial charge in [0.2, 0.25) is 5.91 Å². The first kappa shape index (κ1) is 17.1. The number of amides is 2. The highest BCUT2D eigenvalue weighted by Gasteiger charge is 2.30. The summed E-state index contributed by atoms with van der Waals surface area (Å²) in [6.07, 6.45) is 2.76. The van der Waals surface area contributed by atoms with E-state index in [4.69, 9.17) is 4.74 Å². The van der Waals surface area contributed by atoms with Gasteiger partial charge in [-0.15, -0.1) is 0 Å². The number of nitrogens with one attached hydrogen (secondary N) is 2. The standard InChI is InChI=1S/C20H19BrN2O3/c21-15-3-1-12(2-4-15)19(24)23-17-7-8-18-13(10-17)9-14(11-26-18)20(25)22-16-5-6-16/h1-4,7-8,10,14,16H,5-6,9,11H2,(H,22,25)(H,23,24). The molecule has 1 heterocycles. The molecule has 0 radical (unpaired) electrons. The number of benzene rings is 2. The van der Waals surface area contributed by atoms with Crippen molar-refractivity contribution >= 4 is 33.4 Å². The van der Waals surface area contributed by atoms with Gasteiger partial charge in [-0.05, 0) is 67.3 Å². The molecule has 1 fully saturated rings. The Morgan fingerprint density at radius 1 is 1.08 bits per heavy atom. The van der Waals surface area contributed by atoms with Crippen LogP contribution in [-0.4, -0.2) is 24.5 Å². The van der Waals surface area contributed by atoms with Crippen molar-refractivity contribution in [3.05, 3.63) is 58.1 Å². The average Bonchev–Trinajstić information content (AvgIpc) is 3.45. The predicted molar refractivity (Wildman–Crippen MR) is 102 cm³/mol. The quantitative estimate of drug-likeness (QED) is 0.803. The second-order valence-corrected chi connectivity index (χ2v) is 7.69. The highest BCUT2D eigenvalue weighted by atomic mass is 79.9. The summed E-state index contributed by atoms with van der Waals surface area (Å²) >= 11 is 3.36. The first-order valence-electron chi connectivity index (χ1n) is 8.71. The molecule has 26 heavy (non-hydrogen) atoms. The van der Waals surface area contributed by atoms with Crippen LogP contribution in [0.3, 0.4) is 0 Å². The van der Waals surface area contributed by atoms with Crippen LogP contribution in [0.2, 0.25) is 0 Å². The Bertz CT molecular complexity index is 847. The average molecular weight is 415 g/mol. The molecule has 2 N–H and O–H groups in total. The molecule has 0 aromatic heterocycles. The lowest BCUT2D eigenvalue weighted by atomic mass is 9.95. The van der Waals surface area contributed by atoms with E-state index in [0.717, 1.165) is 28.6 Å². The number of hydrogen-bond acceptors (Lipinski definition) is 3. The van der Waals surface area contributed by atoms with Gasteiger partial charge >= 0.3 is 0 Å². The molecule has 134 valence electrons. The van der Waals surface area contributed by atoms with Crippen LogP contribution in [0.25, 0.3) is 0 Å². The molecule has 0 bridgehead atoms. The van der Waals surface area contributed by atoms with Crippen LogP contribution < -0.4 is 15.4 Å². The van der Waals surface area contributed by atoms with E-state index in [1.54, 1.807) is 12.1 Å². The number of halogens is 1. The molecule has 6 heteroatoms. The third kappa shape index (κ3) is 3.90. The van der Waals surface area contributed by atoms with Crippen molar-refractivity contribution in [1.82, 2.24) is 5.32 Å². The Morgan fingerprint density at radius 2 is 1.85 bits per heavy atom. The molecule has 2 aliphatic rings. The van der Waals surface area contributed by atoms with Gasteiger partial charge in [0.25, 0.3) is 5.91 Å². The van der Waals surface area contributed by atoms with Gasteiger partial charge in [0.05, 0.1) is 5.92 Å². The number of fused-ring (bicyclic) bond motifs is 1. The Balaban J connectivity index is 1.45. The van der Waals surface area contributed by atoms with Crippen LogP contribution in [0.4, 0.5) is 5.69 Å². The van der Waals surface area contributed by atoms with Crippen molar-refractivity contribution in [2.75, 3.05) is 11.9 Å². The van der Waals surface area contributed by atoms with Gasteiger partial charge in [-0.25, -0.2) is 0 Å². The highest BCUT2D eigenvalue weighted by Crippen LogP contribution is 2.31. The van der Waals surface area contributed by atoms with E-state index in [0.29, 0.717) is 30.3 Å². The van der Waals surface area contributed by atoms with Crippen molar-refractivity contribution in [1.29, 1.82) is 0 Å². The molecule has 0 spiro atoms. The van der Waals surface area contributed by atoms with Crippen molar-refractivity contribution in [2.45, 2.75) is 25.3 Å². The highest BCUT2D eigenvalue weighted by molar-refractivity contribution is 9.10. The molecule has 1 saturated carbocycles. The number of rotatable bonds is 4. The monoisotopic (exact) mass is 414 g/mol. The maximum Gasteiger partial charge on any atom is 0.255 e. The number of ether oxygens (including phenoxy) is 1. The minimum atomic E-state index is -0.180. The first-order valence-corrected chi connectivity index (χ1v) is 9.51. The molecular weight excluding hydrogens is 396 g/mol. The minimum absolute atomic E-state index is 0.0578. The molecular formula is C20H19BrN2O3. The van der Waals surface area contributed by atoms with E-state index in [-0.39, 0.29) is 17.7 Å². The molecule has 4 rings (SSSR count). The summed E-state index contributed by atoms with van der Waals surface area (Å²) in [7, 11) is 0. The fourth-order valence-corrected chi connectivity index (χ4v) is 3.26. The number of carbonyl (C=O) groups is 2.